The van der Waals surface area contributed by atoms with Crippen LogP contribution in [0, 0.1) is 0 Å². The van der Waals surface area contributed by atoms with Gasteiger partial charge in [-0.2, -0.15) is 8.42 Å². The lowest BCUT2D eigenvalue weighted by Gasteiger charge is -2.10. The minimum absolute atomic E-state index is 0.148. The van der Waals surface area contributed by atoms with E-state index in [0.29, 0.717) is 12.2 Å². The molecule has 0 heterocycles. The normalized spacial score (nSPS) is 11.7. The SMILES string of the molecule is CCOc1cccc(C=Cc2ccccc2)c1S(=O)(=O)O. The van der Waals surface area contributed by atoms with E-state index < -0.39 is 10.1 Å². The van der Waals surface area contributed by atoms with Crippen molar-refractivity contribution in [2.75, 3.05) is 6.61 Å². The molecule has 0 saturated heterocycles. The lowest BCUT2D eigenvalue weighted by Crippen LogP contribution is -2.05. The number of ether oxygens (including phenoxy) is 1. The fourth-order valence-electron chi connectivity index (χ4n) is 1.96. The van der Waals surface area contributed by atoms with Crippen molar-refractivity contribution in [3.8, 4) is 5.75 Å². The summed E-state index contributed by atoms with van der Waals surface area (Å²) in [5.74, 6) is 0.148. The van der Waals surface area contributed by atoms with Gasteiger partial charge in [0.25, 0.3) is 10.1 Å². The van der Waals surface area contributed by atoms with Gasteiger partial charge in [0.05, 0.1) is 6.61 Å². The quantitative estimate of drug-likeness (QED) is 0.678. The summed E-state index contributed by atoms with van der Waals surface area (Å²) >= 11 is 0. The van der Waals surface area contributed by atoms with Gasteiger partial charge in [0, 0.05) is 0 Å². The monoisotopic (exact) mass is 304 g/mol. The highest BCUT2D eigenvalue weighted by Gasteiger charge is 2.20. The number of hydrogen-bond donors (Lipinski definition) is 1. The molecule has 2 aromatic rings. The van der Waals surface area contributed by atoms with Crippen molar-refractivity contribution in [3.63, 3.8) is 0 Å². The van der Waals surface area contributed by atoms with Crippen LogP contribution in [-0.2, 0) is 10.1 Å². The van der Waals surface area contributed by atoms with Gasteiger partial charge in [-0.15, -0.1) is 0 Å². The van der Waals surface area contributed by atoms with Gasteiger partial charge in [-0.05, 0) is 24.1 Å². The average molecular weight is 304 g/mol. The Balaban J connectivity index is 2.49. The molecule has 5 heteroatoms. The molecule has 0 aliphatic heterocycles. The Labute approximate surface area is 124 Å². The van der Waals surface area contributed by atoms with Crippen LogP contribution in [0.25, 0.3) is 12.2 Å². The van der Waals surface area contributed by atoms with Gasteiger partial charge >= 0.3 is 0 Å². The Morgan fingerprint density at radius 2 is 1.76 bits per heavy atom. The van der Waals surface area contributed by atoms with Gasteiger partial charge in [0.2, 0.25) is 0 Å². The Morgan fingerprint density at radius 1 is 1.05 bits per heavy atom. The van der Waals surface area contributed by atoms with Crippen LogP contribution >= 0.6 is 0 Å². The Bertz CT molecular complexity index is 734. The fraction of sp³-hybridized carbons (Fsp3) is 0.125. The molecule has 0 aromatic heterocycles. The summed E-state index contributed by atoms with van der Waals surface area (Å²) in [7, 11) is -4.37. The highest BCUT2D eigenvalue weighted by molar-refractivity contribution is 7.86. The first kappa shape index (κ1) is 15.3. The minimum atomic E-state index is -4.37. The first-order valence-electron chi connectivity index (χ1n) is 6.49. The van der Waals surface area contributed by atoms with Crippen molar-refractivity contribution in [2.45, 2.75) is 11.8 Å². The zero-order valence-corrected chi connectivity index (χ0v) is 12.4. The van der Waals surface area contributed by atoms with Crippen LogP contribution in [0.3, 0.4) is 0 Å². The van der Waals surface area contributed by atoms with Gasteiger partial charge in [-0.1, -0.05) is 54.6 Å². The second kappa shape index (κ2) is 6.56. The van der Waals surface area contributed by atoms with E-state index in [1.165, 1.54) is 6.07 Å². The van der Waals surface area contributed by atoms with Gasteiger partial charge in [0.1, 0.15) is 10.6 Å². The molecule has 0 unspecified atom stereocenters. The third kappa shape index (κ3) is 3.93. The molecule has 0 aliphatic carbocycles. The zero-order valence-electron chi connectivity index (χ0n) is 11.6. The first-order valence-corrected chi connectivity index (χ1v) is 7.93. The van der Waals surface area contributed by atoms with Crippen LogP contribution in [0.5, 0.6) is 5.75 Å². The summed E-state index contributed by atoms with van der Waals surface area (Å²) in [5.41, 5.74) is 1.31. The van der Waals surface area contributed by atoms with Crippen molar-refractivity contribution < 1.29 is 17.7 Å². The Kier molecular flexibility index (Phi) is 4.77. The maximum Gasteiger partial charge on any atom is 0.298 e. The van der Waals surface area contributed by atoms with E-state index in [4.69, 9.17) is 4.74 Å². The predicted molar refractivity (Wildman–Crippen MR) is 82.8 cm³/mol. The van der Waals surface area contributed by atoms with Crippen LogP contribution in [-0.4, -0.2) is 19.6 Å². The van der Waals surface area contributed by atoms with Crippen molar-refractivity contribution >= 4 is 22.3 Å². The zero-order chi connectivity index (χ0) is 15.3. The molecule has 21 heavy (non-hydrogen) atoms. The minimum Gasteiger partial charge on any atom is -0.492 e. The van der Waals surface area contributed by atoms with E-state index in [-0.39, 0.29) is 10.6 Å². The third-order valence-corrected chi connectivity index (χ3v) is 3.77. The summed E-state index contributed by atoms with van der Waals surface area (Å²) in [4.78, 5) is -0.209. The summed E-state index contributed by atoms with van der Waals surface area (Å²) < 4.78 is 37.9. The van der Waals surface area contributed by atoms with Gasteiger partial charge in [-0.3, -0.25) is 4.55 Å². The number of rotatable bonds is 5. The molecule has 2 aromatic carbocycles. The molecule has 0 atom stereocenters. The second-order valence-corrected chi connectivity index (χ2v) is 5.68. The molecule has 110 valence electrons. The predicted octanol–water partition coefficient (Wildman–Crippen LogP) is 3.50. The largest absolute Gasteiger partial charge is 0.492 e. The van der Waals surface area contributed by atoms with Crippen molar-refractivity contribution in [3.05, 3.63) is 59.7 Å². The summed E-state index contributed by atoms with van der Waals surface area (Å²) in [6.07, 6.45) is 3.42. The Morgan fingerprint density at radius 3 is 2.38 bits per heavy atom. The van der Waals surface area contributed by atoms with Crippen molar-refractivity contribution in [1.29, 1.82) is 0 Å². The molecule has 0 amide bonds. The molecule has 0 aliphatic rings. The second-order valence-electron chi connectivity index (χ2n) is 4.33. The van der Waals surface area contributed by atoms with E-state index >= 15 is 0 Å². The van der Waals surface area contributed by atoms with Crippen LogP contribution in [0.15, 0.2) is 53.4 Å². The molecule has 2 rings (SSSR count). The lowest BCUT2D eigenvalue weighted by atomic mass is 10.1. The number of benzene rings is 2. The van der Waals surface area contributed by atoms with Crippen molar-refractivity contribution in [2.24, 2.45) is 0 Å². The van der Waals surface area contributed by atoms with Gasteiger partial charge < -0.3 is 4.74 Å². The molecule has 0 spiro atoms. The number of hydrogen-bond acceptors (Lipinski definition) is 3. The highest BCUT2D eigenvalue weighted by atomic mass is 32.2. The van der Waals surface area contributed by atoms with E-state index in [9.17, 15) is 13.0 Å². The first-order chi connectivity index (χ1) is 10.0. The van der Waals surface area contributed by atoms with Crippen LogP contribution in [0.4, 0.5) is 0 Å². The summed E-state index contributed by atoms with van der Waals surface area (Å²) in [6.45, 7) is 2.06. The smallest absolute Gasteiger partial charge is 0.298 e. The standard InChI is InChI=1S/C16H16O4S/c1-2-20-15-10-6-9-14(16(15)21(17,18)19)12-11-13-7-4-3-5-8-13/h3-12H,2H2,1H3,(H,17,18,19). The Hall–Kier alpha value is -2.11. The molecule has 1 N–H and O–H groups in total. The average Bonchev–Trinajstić information content (AvgIpc) is 2.45. The fourth-order valence-corrected chi connectivity index (χ4v) is 2.77. The molecule has 4 nitrogen and oxygen atoms in total. The maximum absolute atomic E-state index is 11.6. The topological polar surface area (TPSA) is 63.6 Å². The molecular weight excluding hydrogens is 288 g/mol. The van der Waals surface area contributed by atoms with E-state index in [1.54, 1.807) is 31.2 Å². The maximum atomic E-state index is 11.6. The van der Waals surface area contributed by atoms with Gasteiger partial charge in [0.15, 0.2) is 0 Å². The molecule has 0 bridgehead atoms. The van der Waals surface area contributed by atoms with E-state index in [1.807, 2.05) is 30.3 Å². The van der Waals surface area contributed by atoms with Gasteiger partial charge in [-0.25, -0.2) is 0 Å². The van der Waals surface area contributed by atoms with Crippen molar-refractivity contribution in [1.82, 2.24) is 0 Å². The highest BCUT2D eigenvalue weighted by Crippen LogP contribution is 2.29. The van der Waals surface area contributed by atoms with Crippen LogP contribution in [0.1, 0.15) is 18.1 Å². The molecule has 0 radical (unpaired) electrons. The summed E-state index contributed by atoms with van der Waals surface area (Å²) in [5, 5.41) is 0. The van der Waals surface area contributed by atoms with E-state index in [0.717, 1.165) is 5.56 Å². The molecule has 0 saturated carbocycles. The summed E-state index contributed by atoms with van der Waals surface area (Å²) in [6, 6.07) is 14.3. The lowest BCUT2D eigenvalue weighted by molar-refractivity contribution is 0.329. The third-order valence-electron chi connectivity index (χ3n) is 2.82. The van der Waals surface area contributed by atoms with Crippen LogP contribution in [0.2, 0.25) is 0 Å². The molecule has 0 fully saturated rings. The van der Waals surface area contributed by atoms with Crippen LogP contribution < -0.4 is 4.74 Å². The molecular formula is C16H16O4S. The van der Waals surface area contributed by atoms with E-state index in [2.05, 4.69) is 0 Å².